The van der Waals surface area contributed by atoms with E-state index in [1.54, 1.807) is 0 Å². The summed E-state index contributed by atoms with van der Waals surface area (Å²) in [5.74, 6) is 0.175. The van der Waals surface area contributed by atoms with Crippen LogP contribution in [0.5, 0.6) is 0 Å². The summed E-state index contributed by atoms with van der Waals surface area (Å²) in [6.07, 6.45) is 10.6. The highest BCUT2D eigenvalue weighted by Crippen LogP contribution is 2.39. The Morgan fingerprint density at radius 2 is 2.23 bits per heavy atom. The van der Waals surface area contributed by atoms with Crippen LogP contribution >= 0.6 is 0 Å². The van der Waals surface area contributed by atoms with Crippen LogP contribution in [0.2, 0.25) is 0 Å². The lowest BCUT2D eigenvalue weighted by Gasteiger charge is -2.26. The van der Waals surface area contributed by atoms with Crippen molar-refractivity contribution in [2.24, 2.45) is 10.7 Å². The molecule has 0 saturated carbocycles. The second kappa shape index (κ2) is 9.86. The zero-order valence-corrected chi connectivity index (χ0v) is 17.5. The Hall–Kier alpha value is -3.43. The van der Waals surface area contributed by atoms with Crippen molar-refractivity contribution in [2.75, 3.05) is 0 Å². The van der Waals surface area contributed by atoms with E-state index in [1.165, 1.54) is 11.5 Å². The Bertz CT molecular complexity index is 1020. The Morgan fingerprint density at radius 1 is 1.43 bits per heavy atom. The number of quaternary nitrogens is 1. The molecular weight excluding hydrogens is 374 g/mol. The molecule has 6 nitrogen and oxygen atoms in total. The first-order valence-corrected chi connectivity index (χ1v) is 10.3. The van der Waals surface area contributed by atoms with Gasteiger partial charge in [-0.15, -0.1) is 0 Å². The SMILES string of the molecule is CCCC1=C(C#N)C(c2ccccc2C)C(=CN)C([NH2+]C(=O)NC2=CC=CCC2)=N1. The lowest BCUT2D eigenvalue weighted by molar-refractivity contribution is -0.429. The number of nitrogens with two attached hydrogens (primary N) is 2. The van der Waals surface area contributed by atoms with E-state index in [0.29, 0.717) is 23.4 Å². The van der Waals surface area contributed by atoms with Gasteiger partial charge in [0.1, 0.15) is 0 Å². The molecule has 5 N–H and O–H groups in total. The van der Waals surface area contributed by atoms with Gasteiger partial charge in [-0.25, -0.2) is 10.1 Å². The standard InChI is InChI=1S/C24H27N5O/c1-3-9-21-19(14-25)22(18-13-8-7-10-16(18)2)20(15-26)23(28-21)29-24(30)27-17-11-5-4-6-12-17/h4-5,7-8,10-11,13,15,22H,3,6,9,12,26H2,1-2H3,(H2,27,28,29,30)/p+1. The van der Waals surface area contributed by atoms with E-state index < -0.39 is 0 Å². The molecule has 0 bridgehead atoms. The van der Waals surface area contributed by atoms with E-state index >= 15 is 0 Å². The molecule has 2 amide bonds. The summed E-state index contributed by atoms with van der Waals surface area (Å²) in [6, 6.07) is 10.1. The van der Waals surface area contributed by atoms with Crippen molar-refractivity contribution in [3.05, 3.63) is 82.4 Å². The number of benzene rings is 1. The third-order valence-corrected chi connectivity index (χ3v) is 5.31. The molecular formula is C24H28N5O+. The van der Waals surface area contributed by atoms with Crippen molar-refractivity contribution in [3.8, 4) is 6.07 Å². The second-order valence-electron chi connectivity index (χ2n) is 7.42. The number of amidine groups is 1. The number of carbonyl (C=O) groups is 1. The van der Waals surface area contributed by atoms with Gasteiger partial charge in [0.2, 0.25) is 5.84 Å². The summed E-state index contributed by atoms with van der Waals surface area (Å²) >= 11 is 0. The number of hydrogen-bond acceptors (Lipinski definition) is 4. The van der Waals surface area contributed by atoms with Crippen molar-refractivity contribution < 1.29 is 10.1 Å². The zero-order chi connectivity index (χ0) is 21.5. The van der Waals surface area contributed by atoms with Gasteiger partial charge in [0.05, 0.1) is 28.8 Å². The molecule has 1 aliphatic heterocycles. The molecule has 30 heavy (non-hydrogen) atoms. The summed E-state index contributed by atoms with van der Waals surface area (Å²) in [5, 5.41) is 14.4. The fourth-order valence-corrected chi connectivity index (χ4v) is 3.85. The van der Waals surface area contributed by atoms with E-state index in [1.807, 2.05) is 50.3 Å². The topological polar surface area (TPSA) is 108 Å². The number of nitriles is 1. The minimum absolute atomic E-state index is 0.241. The molecule has 2 aliphatic rings. The Morgan fingerprint density at radius 3 is 2.87 bits per heavy atom. The van der Waals surface area contributed by atoms with Crippen molar-refractivity contribution in [1.29, 1.82) is 5.26 Å². The first-order chi connectivity index (χ1) is 14.6. The number of rotatable bonds is 4. The molecule has 6 heteroatoms. The van der Waals surface area contributed by atoms with Gasteiger partial charge in [0.25, 0.3) is 0 Å². The first kappa shape index (κ1) is 21.3. The number of allylic oxidation sites excluding steroid dienone is 6. The number of carbonyl (C=O) groups excluding carboxylic acids is 1. The molecule has 0 radical (unpaired) electrons. The summed E-state index contributed by atoms with van der Waals surface area (Å²) < 4.78 is 0. The van der Waals surface area contributed by atoms with Gasteiger partial charge in [0, 0.05) is 11.9 Å². The molecule has 1 aromatic rings. The average molecular weight is 403 g/mol. The third kappa shape index (κ3) is 4.58. The maximum Gasteiger partial charge on any atom is 0.423 e. The van der Waals surface area contributed by atoms with Crippen LogP contribution in [0.15, 0.2) is 76.2 Å². The summed E-state index contributed by atoms with van der Waals surface area (Å²) in [6.45, 7) is 4.07. The normalized spacial score (nSPS) is 19.9. The molecule has 154 valence electrons. The summed E-state index contributed by atoms with van der Waals surface area (Å²) in [7, 11) is 0. The minimum atomic E-state index is -0.337. The van der Waals surface area contributed by atoms with E-state index in [0.717, 1.165) is 41.8 Å². The van der Waals surface area contributed by atoms with Crippen molar-refractivity contribution in [2.45, 2.75) is 45.4 Å². The maximum absolute atomic E-state index is 12.7. The highest BCUT2D eigenvalue weighted by atomic mass is 16.2. The molecule has 0 aromatic heterocycles. The number of nitrogens with zero attached hydrogens (tertiary/aromatic N) is 2. The zero-order valence-electron chi connectivity index (χ0n) is 17.5. The molecule has 3 rings (SSSR count). The quantitative estimate of drug-likeness (QED) is 0.718. The predicted octanol–water partition coefficient (Wildman–Crippen LogP) is 3.42. The number of aliphatic imine (C=N–C) groups is 1. The largest absolute Gasteiger partial charge is 0.423 e. The Labute approximate surface area is 177 Å². The van der Waals surface area contributed by atoms with E-state index in [-0.39, 0.29) is 11.9 Å². The van der Waals surface area contributed by atoms with Gasteiger partial charge in [-0.1, -0.05) is 49.8 Å². The predicted molar refractivity (Wildman–Crippen MR) is 118 cm³/mol. The molecule has 1 aromatic carbocycles. The number of primary amides is 1. The van der Waals surface area contributed by atoms with Crippen LogP contribution in [-0.4, -0.2) is 11.9 Å². The van der Waals surface area contributed by atoms with Crippen molar-refractivity contribution in [3.63, 3.8) is 0 Å². The van der Waals surface area contributed by atoms with E-state index in [4.69, 9.17) is 10.7 Å². The van der Waals surface area contributed by atoms with Crippen LogP contribution in [0.4, 0.5) is 4.79 Å². The number of hydrogen-bond donors (Lipinski definition) is 3. The monoisotopic (exact) mass is 402 g/mol. The second-order valence-corrected chi connectivity index (χ2v) is 7.42. The van der Waals surface area contributed by atoms with Gasteiger partial charge >= 0.3 is 6.03 Å². The van der Waals surface area contributed by atoms with Gasteiger partial charge in [-0.2, -0.15) is 10.3 Å². The molecule has 1 unspecified atom stereocenters. The van der Waals surface area contributed by atoms with Gasteiger partial charge in [-0.05, 0) is 43.4 Å². The molecule has 1 aliphatic carbocycles. The molecule has 0 saturated heterocycles. The summed E-state index contributed by atoms with van der Waals surface area (Å²) in [5.41, 5.74) is 11.0. The highest BCUT2D eigenvalue weighted by Gasteiger charge is 2.35. The maximum atomic E-state index is 12.7. The van der Waals surface area contributed by atoms with E-state index in [2.05, 4.69) is 17.5 Å². The molecule has 1 atom stereocenters. The van der Waals surface area contributed by atoms with Crippen LogP contribution in [-0.2, 0) is 0 Å². The van der Waals surface area contributed by atoms with Crippen molar-refractivity contribution >= 4 is 11.9 Å². The van der Waals surface area contributed by atoms with Gasteiger partial charge < -0.3 is 5.73 Å². The number of amides is 2. The lowest BCUT2D eigenvalue weighted by atomic mass is 9.79. The molecule has 0 spiro atoms. The van der Waals surface area contributed by atoms with Gasteiger partial charge in [0.15, 0.2) is 0 Å². The van der Waals surface area contributed by atoms with E-state index in [9.17, 15) is 10.1 Å². The van der Waals surface area contributed by atoms with Gasteiger partial charge in [-0.3, -0.25) is 5.32 Å². The van der Waals surface area contributed by atoms with Crippen LogP contribution < -0.4 is 16.4 Å². The highest BCUT2D eigenvalue weighted by molar-refractivity contribution is 5.99. The van der Waals surface area contributed by atoms with Crippen LogP contribution in [0.3, 0.4) is 0 Å². The summed E-state index contributed by atoms with van der Waals surface area (Å²) in [4.78, 5) is 17.4. The number of aryl methyl sites for hydroxylation is 1. The molecule has 1 heterocycles. The average Bonchev–Trinajstić information content (AvgIpc) is 2.74. The fraction of sp³-hybridized carbons (Fsp3) is 0.292. The third-order valence-electron chi connectivity index (χ3n) is 5.31. The minimum Gasteiger partial charge on any atom is -0.404 e. The molecule has 0 fully saturated rings. The van der Waals surface area contributed by atoms with Crippen LogP contribution in [0.1, 0.15) is 49.7 Å². The Balaban J connectivity index is 1.99. The Kier molecular flexibility index (Phi) is 6.99. The lowest BCUT2D eigenvalue weighted by Crippen LogP contribution is -2.94. The first-order valence-electron chi connectivity index (χ1n) is 10.3. The van der Waals surface area contributed by atoms with Crippen molar-refractivity contribution in [1.82, 2.24) is 5.32 Å². The number of urea groups is 1. The fourth-order valence-electron chi connectivity index (χ4n) is 3.85. The van der Waals surface area contributed by atoms with Crippen LogP contribution in [0, 0.1) is 18.3 Å². The van der Waals surface area contributed by atoms with Crippen LogP contribution in [0.25, 0.3) is 0 Å². The smallest absolute Gasteiger partial charge is 0.404 e. The number of nitrogens with one attached hydrogen (secondary N) is 1.